The average molecular weight is 740 g/mol. The molecule has 10 aromatic carbocycles. The fourth-order valence-electron chi connectivity index (χ4n) is 9.56. The van der Waals surface area contributed by atoms with Gasteiger partial charge in [0.25, 0.3) is 0 Å². The zero-order valence-electron chi connectivity index (χ0n) is 32.7. The Kier molecular flexibility index (Phi) is 7.91. The van der Waals surface area contributed by atoms with Gasteiger partial charge in [-0.1, -0.05) is 184 Å². The third-order valence-corrected chi connectivity index (χ3v) is 12.5. The van der Waals surface area contributed by atoms with E-state index in [4.69, 9.17) is 0 Å². The highest BCUT2D eigenvalue weighted by atomic mass is 15.1. The second-order valence-corrected chi connectivity index (χ2v) is 16.1. The van der Waals surface area contributed by atoms with Gasteiger partial charge in [-0.05, 0) is 125 Å². The van der Waals surface area contributed by atoms with Gasteiger partial charge in [-0.15, -0.1) is 0 Å². The molecule has 58 heavy (non-hydrogen) atoms. The molecular weight excluding hydrogens is 699 g/mol. The predicted molar refractivity (Wildman–Crippen MR) is 248 cm³/mol. The van der Waals surface area contributed by atoms with E-state index in [2.05, 4.69) is 231 Å². The van der Waals surface area contributed by atoms with Crippen LogP contribution in [0.2, 0.25) is 0 Å². The van der Waals surface area contributed by atoms with E-state index < -0.39 is 0 Å². The molecule has 1 aliphatic carbocycles. The van der Waals surface area contributed by atoms with Crippen molar-refractivity contribution in [2.45, 2.75) is 19.3 Å². The third kappa shape index (κ3) is 5.46. The molecule has 274 valence electrons. The molecule has 0 N–H and O–H groups in total. The van der Waals surface area contributed by atoms with E-state index >= 15 is 0 Å². The van der Waals surface area contributed by atoms with E-state index in [1.807, 2.05) is 0 Å². The molecule has 1 nitrogen and oxygen atoms in total. The Hall–Kier alpha value is -7.22. The minimum Gasteiger partial charge on any atom is -0.310 e. The minimum atomic E-state index is -0.135. The Bertz CT molecular complexity index is 3180. The summed E-state index contributed by atoms with van der Waals surface area (Å²) in [6, 6.07) is 78.3. The molecule has 0 bridgehead atoms. The van der Waals surface area contributed by atoms with Crippen LogP contribution >= 0.6 is 0 Å². The number of nitrogens with zero attached hydrogens (tertiary/aromatic N) is 1. The Morgan fingerprint density at radius 1 is 0.310 bits per heavy atom. The highest BCUT2D eigenvalue weighted by molar-refractivity contribution is 6.14. The molecule has 11 rings (SSSR count). The van der Waals surface area contributed by atoms with Gasteiger partial charge in [-0.2, -0.15) is 0 Å². The normalized spacial score (nSPS) is 12.8. The number of hydrogen-bond acceptors (Lipinski definition) is 1. The van der Waals surface area contributed by atoms with E-state index in [9.17, 15) is 0 Å². The van der Waals surface area contributed by atoms with Gasteiger partial charge in [0.2, 0.25) is 0 Å². The van der Waals surface area contributed by atoms with E-state index in [-0.39, 0.29) is 5.41 Å². The third-order valence-electron chi connectivity index (χ3n) is 12.5. The molecule has 0 aliphatic heterocycles. The van der Waals surface area contributed by atoms with Crippen molar-refractivity contribution in [1.82, 2.24) is 0 Å². The topological polar surface area (TPSA) is 3.24 Å². The van der Waals surface area contributed by atoms with Crippen LogP contribution < -0.4 is 4.90 Å². The fraction of sp³-hybridized carbons (Fsp3) is 0.0526. The van der Waals surface area contributed by atoms with Crippen molar-refractivity contribution >= 4 is 49.4 Å². The summed E-state index contributed by atoms with van der Waals surface area (Å²) in [6.07, 6.45) is 0. The molecule has 1 heteroatoms. The molecule has 0 heterocycles. The summed E-state index contributed by atoms with van der Waals surface area (Å²) in [5.74, 6) is 0. The van der Waals surface area contributed by atoms with Crippen LogP contribution in [-0.2, 0) is 5.41 Å². The first-order valence-corrected chi connectivity index (χ1v) is 20.3. The van der Waals surface area contributed by atoms with Crippen molar-refractivity contribution < 1.29 is 0 Å². The molecule has 0 radical (unpaired) electrons. The van der Waals surface area contributed by atoms with Gasteiger partial charge in [-0.25, -0.2) is 0 Å². The second-order valence-electron chi connectivity index (χ2n) is 16.1. The van der Waals surface area contributed by atoms with Crippen LogP contribution in [0.4, 0.5) is 17.1 Å². The number of fused-ring (bicyclic) bond motifs is 7. The van der Waals surface area contributed by atoms with Crippen molar-refractivity contribution in [3.05, 3.63) is 223 Å². The maximum absolute atomic E-state index is 2.48. The lowest BCUT2D eigenvalue weighted by atomic mass is 9.82. The van der Waals surface area contributed by atoms with Crippen LogP contribution in [0.15, 0.2) is 212 Å². The van der Waals surface area contributed by atoms with Gasteiger partial charge < -0.3 is 4.90 Å². The predicted octanol–water partition coefficient (Wildman–Crippen LogP) is 15.9. The Morgan fingerprint density at radius 2 is 0.914 bits per heavy atom. The van der Waals surface area contributed by atoms with E-state index in [0.29, 0.717) is 0 Å². The van der Waals surface area contributed by atoms with Crippen molar-refractivity contribution in [3.63, 3.8) is 0 Å². The standard InChI is InChI=1S/C57H41N/c1-57(2)54-26-13-12-24-50(54)51-33-32-44(37-55(51)57)58(43-30-27-40(28-31-43)52-36-42-18-7-9-21-46(42)47-22-10-11-23-49(47)52)56-34-29-41(38-15-4-3-5-16-38)35-53(56)48-25-14-19-39-17-6-8-20-45(39)48/h3-37H,1-2H3. The first-order chi connectivity index (χ1) is 28.5. The van der Waals surface area contributed by atoms with E-state index in [0.717, 1.165) is 17.1 Å². The molecule has 0 aromatic heterocycles. The zero-order chi connectivity index (χ0) is 38.8. The second kappa shape index (κ2) is 13.5. The monoisotopic (exact) mass is 739 g/mol. The van der Waals surface area contributed by atoms with Gasteiger partial charge >= 0.3 is 0 Å². The average Bonchev–Trinajstić information content (AvgIpc) is 3.52. The summed E-state index contributed by atoms with van der Waals surface area (Å²) >= 11 is 0. The molecule has 0 unspecified atom stereocenters. The molecule has 0 atom stereocenters. The molecular formula is C57H41N. The van der Waals surface area contributed by atoms with Crippen LogP contribution in [0.25, 0.3) is 76.8 Å². The number of rotatable bonds is 6. The van der Waals surface area contributed by atoms with Gasteiger partial charge in [0.1, 0.15) is 0 Å². The van der Waals surface area contributed by atoms with E-state index in [1.54, 1.807) is 0 Å². The molecule has 0 saturated heterocycles. The quantitative estimate of drug-likeness (QED) is 0.154. The molecule has 10 aromatic rings. The molecule has 0 spiro atoms. The van der Waals surface area contributed by atoms with Gasteiger partial charge in [-0.3, -0.25) is 0 Å². The fourth-order valence-corrected chi connectivity index (χ4v) is 9.56. The Labute approximate surface area is 340 Å². The lowest BCUT2D eigenvalue weighted by molar-refractivity contribution is 0.660. The summed E-state index contributed by atoms with van der Waals surface area (Å²) in [5, 5.41) is 7.54. The molecule has 1 aliphatic rings. The first-order valence-electron chi connectivity index (χ1n) is 20.3. The zero-order valence-corrected chi connectivity index (χ0v) is 32.7. The van der Waals surface area contributed by atoms with E-state index in [1.165, 1.54) is 88.0 Å². The molecule has 0 fully saturated rings. The van der Waals surface area contributed by atoms with Gasteiger partial charge in [0.05, 0.1) is 5.69 Å². The summed E-state index contributed by atoms with van der Waals surface area (Å²) in [4.78, 5) is 2.48. The van der Waals surface area contributed by atoms with Crippen LogP contribution in [0.5, 0.6) is 0 Å². The van der Waals surface area contributed by atoms with Crippen molar-refractivity contribution in [2.75, 3.05) is 4.90 Å². The largest absolute Gasteiger partial charge is 0.310 e. The number of benzene rings is 10. The lowest BCUT2D eigenvalue weighted by Crippen LogP contribution is -2.17. The highest BCUT2D eigenvalue weighted by Crippen LogP contribution is 2.52. The summed E-state index contributed by atoms with van der Waals surface area (Å²) < 4.78 is 0. The van der Waals surface area contributed by atoms with Crippen molar-refractivity contribution in [1.29, 1.82) is 0 Å². The van der Waals surface area contributed by atoms with Crippen molar-refractivity contribution in [2.24, 2.45) is 0 Å². The van der Waals surface area contributed by atoms with Crippen LogP contribution in [-0.4, -0.2) is 0 Å². The van der Waals surface area contributed by atoms with Crippen molar-refractivity contribution in [3.8, 4) is 44.5 Å². The van der Waals surface area contributed by atoms with Crippen LogP contribution in [0, 0.1) is 0 Å². The van der Waals surface area contributed by atoms with Gasteiger partial charge in [0.15, 0.2) is 0 Å². The molecule has 0 saturated carbocycles. The molecule has 0 amide bonds. The lowest BCUT2D eigenvalue weighted by Gasteiger charge is -2.30. The first kappa shape index (κ1) is 34.1. The van der Waals surface area contributed by atoms with Crippen LogP contribution in [0.3, 0.4) is 0 Å². The maximum Gasteiger partial charge on any atom is 0.0540 e. The van der Waals surface area contributed by atoms with Gasteiger partial charge in [0, 0.05) is 22.4 Å². The summed E-state index contributed by atoms with van der Waals surface area (Å²) in [6.45, 7) is 4.73. The Balaban J connectivity index is 1.14. The SMILES string of the molecule is CC1(C)c2ccccc2-c2ccc(N(c3ccc(-c4cc5ccccc5c5ccccc45)cc3)c3ccc(-c4ccccc4)cc3-c3cccc4ccccc34)cc21. The maximum atomic E-state index is 2.48. The Morgan fingerprint density at radius 3 is 1.74 bits per heavy atom. The van der Waals surface area contributed by atoms with Crippen LogP contribution in [0.1, 0.15) is 25.0 Å². The summed E-state index contributed by atoms with van der Waals surface area (Å²) in [5.41, 5.74) is 15.8. The number of hydrogen-bond donors (Lipinski definition) is 0. The smallest absolute Gasteiger partial charge is 0.0540 e. The highest BCUT2D eigenvalue weighted by Gasteiger charge is 2.36. The number of anilines is 3. The minimum absolute atomic E-state index is 0.135. The summed E-state index contributed by atoms with van der Waals surface area (Å²) in [7, 11) is 0.